The lowest BCUT2D eigenvalue weighted by atomic mass is 10.3. The first-order chi connectivity index (χ1) is 8.99. The van der Waals surface area contributed by atoms with Crippen molar-refractivity contribution in [3.05, 3.63) is 28.7 Å². The monoisotopic (exact) mass is 280 g/mol. The van der Waals surface area contributed by atoms with E-state index in [1.165, 1.54) is 16.3 Å². The summed E-state index contributed by atoms with van der Waals surface area (Å²) in [5.41, 5.74) is 6.36. The van der Waals surface area contributed by atoms with Crippen molar-refractivity contribution in [2.45, 2.75) is 30.0 Å². The van der Waals surface area contributed by atoms with Gasteiger partial charge in [0.1, 0.15) is 5.75 Å². The van der Waals surface area contributed by atoms with Crippen LogP contribution < -0.4 is 16.2 Å². The number of para-hydroxylation sites is 1. The molecule has 0 radical (unpaired) electrons. The Balaban J connectivity index is 2.30. The van der Waals surface area contributed by atoms with E-state index >= 15 is 0 Å². The van der Waals surface area contributed by atoms with E-state index in [2.05, 4.69) is 10.2 Å². The molecule has 0 fully saturated rings. The summed E-state index contributed by atoms with van der Waals surface area (Å²) in [4.78, 5) is 12.1. The molecule has 0 aliphatic rings. The fraction of sp³-hybridized carbons (Fsp3) is 0.333. The second kappa shape index (κ2) is 5.40. The zero-order chi connectivity index (χ0) is 14.0. The van der Waals surface area contributed by atoms with Gasteiger partial charge in [-0.25, -0.2) is 9.89 Å². The highest BCUT2D eigenvalue weighted by atomic mass is 32.2. The third kappa shape index (κ3) is 2.93. The lowest BCUT2D eigenvalue weighted by molar-refractivity contribution is 0.243. The molecule has 1 heterocycles. The number of nitrogens with one attached hydrogen (secondary N) is 1. The zero-order valence-corrected chi connectivity index (χ0v) is 11.8. The fourth-order valence-electron chi connectivity index (χ4n) is 1.49. The molecule has 2 rings (SSSR count). The number of nitrogens with two attached hydrogens (primary N) is 1. The highest BCUT2D eigenvalue weighted by Crippen LogP contribution is 2.35. The van der Waals surface area contributed by atoms with Crippen LogP contribution in [0, 0.1) is 0 Å². The van der Waals surface area contributed by atoms with Gasteiger partial charge < -0.3 is 10.5 Å². The highest BCUT2D eigenvalue weighted by Gasteiger charge is 2.12. The molecule has 1 aromatic heterocycles. The molecule has 0 spiro atoms. The van der Waals surface area contributed by atoms with Crippen LogP contribution in [0.1, 0.15) is 13.8 Å². The number of anilines is 1. The molecule has 0 bridgehead atoms. The Morgan fingerprint density at radius 1 is 1.47 bits per heavy atom. The first-order valence-electron chi connectivity index (χ1n) is 5.83. The van der Waals surface area contributed by atoms with Gasteiger partial charge >= 0.3 is 5.69 Å². The Bertz CT molecular complexity index is 633. The number of aromatic amines is 1. The normalized spacial score (nSPS) is 10.9. The van der Waals surface area contributed by atoms with Crippen LogP contribution in [0.4, 0.5) is 5.69 Å². The Morgan fingerprint density at radius 3 is 2.79 bits per heavy atom. The topological polar surface area (TPSA) is 85.9 Å². The van der Waals surface area contributed by atoms with Crippen molar-refractivity contribution < 1.29 is 4.74 Å². The van der Waals surface area contributed by atoms with Crippen LogP contribution in [-0.4, -0.2) is 20.9 Å². The van der Waals surface area contributed by atoms with Crippen LogP contribution in [0.25, 0.3) is 0 Å². The fourth-order valence-corrected chi connectivity index (χ4v) is 2.36. The summed E-state index contributed by atoms with van der Waals surface area (Å²) in [5, 5.41) is 6.88. The molecule has 7 heteroatoms. The average molecular weight is 280 g/mol. The summed E-state index contributed by atoms with van der Waals surface area (Å²) < 4.78 is 7.05. The minimum Gasteiger partial charge on any atom is -0.489 e. The molecule has 3 N–H and O–H groups in total. The molecule has 2 aromatic rings. The van der Waals surface area contributed by atoms with Crippen LogP contribution >= 0.6 is 11.8 Å². The van der Waals surface area contributed by atoms with Gasteiger partial charge in [0, 0.05) is 11.9 Å². The first kappa shape index (κ1) is 13.5. The second-order valence-electron chi connectivity index (χ2n) is 4.31. The number of H-pyrrole nitrogens is 1. The van der Waals surface area contributed by atoms with Crippen molar-refractivity contribution in [1.29, 1.82) is 0 Å². The maximum Gasteiger partial charge on any atom is 0.343 e. The van der Waals surface area contributed by atoms with E-state index in [0.717, 1.165) is 4.90 Å². The van der Waals surface area contributed by atoms with Crippen molar-refractivity contribution in [2.75, 3.05) is 5.73 Å². The first-order valence-corrected chi connectivity index (χ1v) is 6.65. The average Bonchev–Trinajstić information content (AvgIpc) is 2.65. The Labute approximate surface area is 115 Å². The van der Waals surface area contributed by atoms with Gasteiger partial charge in [-0.05, 0) is 37.7 Å². The van der Waals surface area contributed by atoms with Crippen LogP contribution in [0.2, 0.25) is 0 Å². The number of hydrogen-bond acceptors (Lipinski definition) is 5. The van der Waals surface area contributed by atoms with Crippen molar-refractivity contribution in [2.24, 2.45) is 7.05 Å². The van der Waals surface area contributed by atoms with E-state index in [4.69, 9.17) is 10.5 Å². The number of aromatic nitrogens is 3. The Morgan fingerprint density at radius 2 is 2.21 bits per heavy atom. The number of rotatable bonds is 4. The summed E-state index contributed by atoms with van der Waals surface area (Å²) in [6.07, 6.45) is 0.0530. The van der Waals surface area contributed by atoms with E-state index in [-0.39, 0.29) is 11.8 Å². The van der Waals surface area contributed by atoms with Crippen molar-refractivity contribution >= 4 is 17.4 Å². The van der Waals surface area contributed by atoms with Crippen LogP contribution in [0.15, 0.2) is 33.0 Å². The standard InChI is InChI=1S/C12H16N4O2S/c1-7(2)18-8-5-4-6-9(10(8)13)19-12-15-14-11(17)16(12)3/h4-7H,13H2,1-3H3,(H,14,17). The van der Waals surface area contributed by atoms with Gasteiger partial charge in [-0.2, -0.15) is 0 Å². The number of ether oxygens (including phenoxy) is 1. The lowest BCUT2D eigenvalue weighted by Gasteiger charge is -2.14. The molecule has 102 valence electrons. The van der Waals surface area contributed by atoms with E-state index in [9.17, 15) is 4.79 Å². The van der Waals surface area contributed by atoms with Gasteiger partial charge in [0.25, 0.3) is 0 Å². The minimum atomic E-state index is -0.254. The van der Waals surface area contributed by atoms with Gasteiger partial charge in [-0.1, -0.05) is 6.07 Å². The van der Waals surface area contributed by atoms with Gasteiger partial charge in [0.15, 0.2) is 5.16 Å². The van der Waals surface area contributed by atoms with Crippen molar-refractivity contribution in [3.8, 4) is 5.75 Å². The number of benzene rings is 1. The predicted molar refractivity (Wildman–Crippen MR) is 74.6 cm³/mol. The third-order valence-corrected chi connectivity index (χ3v) is 3.55. The molecule has 0 aliphatic heterocycles. The quantitative estimate of drug-likeness (QED) is 0.831. The predicted octanol–water partition coefficient (Wildman–Crippen LogP) is 1.63. The number of hydrogen-bond donors (Lipinski definition) is 2. The summed E-state index contributed by atoms with van der Waals surface area (Å²) in [5.74, 6) is 0.639. The van der Waals surface area contributed by atoms with Gasteiger partial charge in [-0.15, -0.1) is 5.10 Å². The smallest absolute Gasteiger partial charge is 0.343 e. The highest BCUT2D eigenvalue weighted by molar-refractivity contribution is 7.99. The molecular weight excluding hydrogens is 264 g/mol. The maximum absolute atomic E-state index is 11.3. The van der Waals surface area contributed by atoms with Crippen LogP contribution in [-0.2, 0) is 7.05 Å². The second-order valence-corrected chi connectivity index (χ2v) is 5.32. The van der Waals surface area contributed by atoms with E-state index in [1.807, 2.05) is 32.0 Å². The Kier molecular flexibility index (Phi) is 3.84. The van der Waals surface area contributed by atoms with Crippen molar-refractivity contribution in [1.82, 2.24) is 14.8 Å². The molecular formula is C12H16N4O2S. The third-order valence-electron chi connectivity index (χ3n) is 2.43. The van der Waals surface area contributed by atoms with E-state index < -0.39 is 0 Å². The van der Waals surface area contributed by atoms with Crippen LogP contribution in [0.3, 0.4) is 0 Å². The molecule has 19 heavy (non-hydrogen) atoms. The van der Waals surface area contributed by atoms with Crippen molar-refractivity contribution in [3.63, 3.8) is 0 Å². The largest absolute Gasteiger partial charge is 0.489 e. The molecule has 0 amide bonds. The maximum atomic E-state index is 11.3. The molecule has 0 atom stereocenters. The van der Waals surface area contributed by atoms with Gasteiger partial charge in [0.05, 0.1) is 11.8 Å². The zero-order valence-electron chi connectivity index (χ0n) is 11.0. The summed E-state index contributed by atoms with van der Waals surface area (Å²) >= 11 is 1.32. The summed E-state index contributed by atoms with van der Waals surface area (Å²) in [7, 11) is 1.65. The summed E-state index contributed by atoms with van der Waals surface area (Å²) in [6, 6.07) is 5.55. The summed E-state index contributed by atoms with van der Waals surface area (Å²) in [6.45, 7) is 3.88. The SMILES string of the molecule is CC(C)Oc1cccc(Sc2n[nH]c(=O)n2C)c1N. The molecule has 0 aliphatic carbocycles. The molecule has 0 saturated carbocycles. The van der Waals surface area contributed by atoms with E-state index in [0.29, 0.717) is 16.6 Å². The number of nitrogens with zero attached hydrogens (tertiary/aromatic N) is 2. The molecule has 0 saturated heterocycles. The Hall–Kier alpha value is -1.89. The number of nitrogen functional groups attached to an aromatic ring is 1. The molecule has 1 aromatic carbocycles. The van der Waals surface area contributed by atoms with Gasteiger partial charge in [-0.3, -0.25) is 4.57 Å². The minimum absolute atomic E-state index is 0.0530. The van der Waals surface area contributed by atoms with E-state index in [1.54, 1.807) is 7.05 Å². The lowest BCUT2D eigenvalue weighted by Crippen LogP contribution is -2.12. The molecule has 6 nitrogen and oxygen atoms in total. The molecule has 0 unspecified atom stereocenters. The van der Waals surface area contributed by atoms with Crippen LogP contribution in [0.5, 0.6) is 5.75 Å². The van der Waals surface area contributed by atoms with Gasteiger partial charge in [0.2, 0.25) is 0 Å².